The van der Waals surface area contributed by atoms with Crippen LogP contribution in [0, 0.1) is 0 Å². The van der Waals surface area contributed by atoms with Crippen molar-refractivity contribution in [2.24, 2.45) is 0 Å². The van der Waals surface area contributed by atoms with Gasteiger partial charge < -0.3 is 10.1 Å². The molecule has 1 N–H and O–H groups in total. The van der Waals surface area contributed by atoms with Gasteiger partial charge in [-0.25, -0.2) is 4.52 Å². The van der Waals surface area contributed by atoms with Crippen LogP contribution in [0.3, 0.4) is 0 Å². The first-order valence-corrected chi connectivity index (χ1v) is 4.51. The minimum atomic E-state index is -0.254. The van der Waals surface area contributed by atoms with Crippen molar-refractivity contribution in [1.29, 1.82) is 0 Å². The summed E-state index contributed by atoms with van der Waals surface area (Å²) in [5.41, 5.74) is 1.07. The Hall–Kier alpha value is -2.04. The number of aromatic nitrogens is 2. The largest absolute Gasteiger partial charge is 0.492 e. The Morgan fingerprint density at radius 3 is 3.00 bits per heavy atom. The molecule has 15 heavy (non-hydrogen) atoms. The van der Waals surface area contributed by atoms with Crippen LogP contribution in [0.25, 0.3) is 5.52 Å². The Morgan fingerprint density at radius 2 is 2.33 bits per heavy atom. The molecule has 2 rings (SSSR count). The molecule has 0 spiro atoms. The molecule has 0 unspecified atom stereocenters. The third-order valence-corrected chi connectivity index (χ3v) is 2.14. The van der Waals surface area contributed by atoms with E-state index in [9.17, 15) is 4.79 Å². The van der Waals surface area contributed by atoms with Crippen molar-refractivity contribution in [3.05, 3.63) is 30.1 Å². The number of ether oxygens (including phenoxy) is 1. The highest BCUT2D eigenvalue weighted by Crippen LogP contribution is 2.23. The Kier molecular flexibility index (Phi) is 2.29. The fraction of sp³-hybridized carbons (Fsp3) is 0.200. The zero-order chi connectivity index (χ0) is 10.8. The molecule has 1 amide bonds. The van der Waals surface area contributed by atoms with Crippen molar-refractivity contribution in [3.63, 3.8) is 0 Å². The van der Waals surface area contributed by atoms with Crippen LogP contribution in [0.4, 0.5) is 0 Å². The molecule has 0 aromatic carbocycles. The van der Waals surface area contributed by atoms with E-state index in [0.717, 1.165) is 5.52 Å². The summed E-state index contributed by atoms with van der Waals surface area (Å²) < 4.78 is 6.79. The normalized spacial score (nSPS) is 10.3. The molecular weight excluding hydrogens is 194 g/mol. The van der Waals surface area contributed by atoms with E-state index in [2.05, 4.69) is 10.4 Å². The van der Waals surface area contributed by atoms with Gasteiger partial charge in [0, 0.05) is 13.2 Å². The highest BCUT2D eigenvalue weighted by molar-refractivity contribution is 5.97. The molecule has 0 fully saturated rings. The molecule has 2 heterocycles. The molecule has 0 aliphatic heterocycles. The third-order valence-electron chi connectivity index (χ3n) is 2.14. The number of hydrogen-bond donors (Lipinski definition) is 1. The molecule has 5 nitrogen and oxygen atoms in total. The number of pyridine rings is 1. The molecule has 2 aromatic rings. The summed E-state index contributed by atoms with van der Waals surface area (Å²) in [6, 6.07) is 5.55. The van der Waals surface area contributed by atoms with Crippen LogP contribution in [0.1, 0.15) is 10.5 Å². The lowest BCUT2D eigenvalue weighted by Gasteiger charge is -1.99. The highest BCUT2D eigenvalue weighted by atomic mass is 16.5. The van der Waals surface area contributed by atoms with E-state index < -0.39 is 0 Å². The van der Waals surface area contributed by atoms with Crippen LogP contribution in [-0.4, -0.2) is 29.7 Å². The molecule has 0 bridgehead atoms. The molecule has 0 saturated carbocycles. The third kappa shape index (κ3) is 1.41. The number of amides is 1. The Bertz CT molecular complexity index is 504. The number of carbonyl (C=O) groups is 1. The quantitative estimate of drug-likeness (QED) is 0.785. The zero-order valence-corrected chi connectivity index (χ0v) is 8.52. The highest BCUT2D eigenvalue weighted by Gasteiger charge is 2.18. The molecule has 78 valence electrons. The second kappa shape index (κ2) is 3.61. The summed E-state index contributed by atoms with van der Waals surface area (Å²) in [4.78, 5) is 11.5. The number of carbonyl (C=O) groups excluding carboxylic acids is 1. The second-order valence-corrected chi connectivity index (χ2v) is 2.99. The first-order chi connectivity index (χ1) is 7.27. The number of rotatable bonds is 2. The molecule has 0 atom stereocenters. The molecular formula is C10H11N3O2. The predicted octanol–water partition coefficient (Wildman–Crippen LogP) is 0.702. The zero-order valence-electron chi connectivity index (χ0n) is 8.52. The van der Waals surface area contributed by atoms with Gasteiger partial charge in [-0.1, -0.05) is 6.07 Å². The summed E-state index contributed by atoms with van der Waals surface area (Å²) in [5, 5.41) is 6.66. The maximum atomic E-state index is 11.5. The summed E-state index contributed by atoms with van der Waals surface area (Å²) in [7, 11) is 3.09. The van der Waals surface area contributed by atoms with Gasteiger partial charge in [-0.3, -0.25) is 4.79 Å². The molecule has 0 aliphatic carbocycles. The lowest BCUT2D eigenvalue weighted by Crippen LogP contribution is -2.19. The van der Waals surface area contributed by atoms with Crippen molar-refractivity contribution < 1.29 is 9.53 Å². The van der Waals surface area contributed by atoms with Gasteiger partial charge in [0.2, 0.25) is 0 Å². The summed E-state index contributed by atoms with van der Waals surface area (Å²) >= 11 is 0. The van der Waals surface area contributed by atoms with Crippen molar-refractivity contribution in [2.75, 3.05) is 14.2 Å². The fourth-order valence-electron chi connectivity index (χ4n) is 1.44. The molecule has 0 radical (unpaired) electrons. The predicted molar refractivity (Wildman–Crippen MR) is 55.1 cm³/mol. The lowest BCUT2D eigenvalue weighted by molar-refractivity contribution is 0.0955. The average Bonchev–Trinajstić information content (AvgIpc) is 2.66. The van der Waals surface area contributed by atoms with Gasteiger partial charge in [-0.2, -0.15) is 5.10 Å². The summed E-state index contributed by atoms with van der Waals surface area (Å²) in [6.45, 7) is 0. The van der Waals surface area contributed by atoms with Crippen LogP contribution in [-0.2, 0) is 0 Å². The van der Waals surface area contributed by atoms with E-state index in [-0.39, 0.29) is 5.91 Å². The fourth-order valence-corrected chi connectivity index (χ4v) is 1.44. The Balaban J connectivity index is 2.69. The SMILES string of the molecule is CNC(=O)c1nn2ccccc2c1OC. The maximum absolute atomic E-state index is 11.5. The van der Waals surface area contributed by atoms with Gasteiger partial charge >= 0.3 is 0 Å². The van der Waals surface area contributed by atoms with E-state index in [1.807, 2.05) is 18.2 Å². The van der Waals surface area contributed by atoms with Gasteiger partial charge in [0.25, 0.3) is 5.91 Å². The number of hydrogen-bond acceptors (Lipinski definition) is 3. The van der Waals surface area contributed by atoms with E-state index in [0.29, 0.717) is 11.4 Å². The van der Waals surface area contributed by atoms with Gasteiger partial charge in [0.05, 0.1) is 7.11 Å². The van der Waals surface area contributed by atoms with Crippen LogP contribution in [0.15, 0.2) is 24.4 Å². The molecule has 0 aliphatic rings. The van der Waals surface area contributed by atoms with Crippen molar-refractivity contribution in [3.8, 4) is 5.75 Å². The first kappa shape index (κ1) is 9.51. The van der Waals surface area contributed by atoms with Gasteiger partial charge in [-0.05, 0) is 12.1 Å². The van der Waals surface area contributed by atoms with Gasteiger partial charge in [-0.15, -0.1) is 0 Å². The summed E-state index contributed by atoms with van der Waals surface area (Å²) in [5.74, 6) is 0.241. The molecule has 2 aromatic heterocycles. The number of nitrogens with one attached hydrogen (secondary N) is 1. The van der Waals surface area contributed by atoms with Crippen molar-refractivity contribution >= 4 is 11.4 Å². The Morgan fingerprint density at radius 1 is 1.53 bits per heavy atom. The topological polar surface area (TPSA) is 55.6 Å². The monoisotopic (exact) mass is 205 g/mol. The van der Waals surface area contributed by atoms with Gasteiger partial charge in [0.15, 0.2) is 11.4 Å². The van der Waals surface area contributed by atoms with Crippen molar-refractivity contribution in [1.82, 2.24) is 14.9 Å². The summed E-state index contributed by atoms with van der Waals surface area (Å²) in [6.07, 6.45) is 1.77. The van der Waals surface area contributed by atoms with Crippen LogP contribution in [0.5, 0.6) is 5.75 Å². The molecule has 0 saturated heterocycles. The average molecular weight is 205 g/mol. The standard InChI is InChI=1S/C10H11N3O2/c1-11-10(14)8-9(15-2)7-5-3-4-6-13(7)12-8/h3-6H,1-2H3,(H,11,14). The van der Waals surface area contributed by atoms with Crippen LogP contribution in [0.2, 0.25) is 0 Å². The van der Waals surface area contributed by atoms with E-state index in [1.54, 1.807) is 17.8 Å². The second-order valence-electron chi connectivity index (χ2n) is 2.99. The Labute approximate surface area is 86.7 Å². The van der Waals surface area contributed by atoms with Crippen LogP contribution < -0.4 is 10.1 Å². The van der Waals surface area contributed by atoms with E-state index in [4.69, 9.17) is 4.74 Å². The van der Waals surface area contributed by atoms with Gasteiger partial charge in [0.1, 0.15) is 5.52 Å². The smallest absolute Gasteiger partial charge is 0.275 e. The minimum Gasteiger partial charge on any atom is -0.492 e. The van der Waals surface area contributed by atoms with Crippen molar-refractivity contribution in [2.45, 2.75) is 0 Å². The first-order valence-electron chi connectivity index (χ1n) is 4.51. The number of nitrogens with zero attached hydrogens (tertiary/aromatic N) is 2. The molecule has 5 heteroatoms. The van der Waals surface area contributed by atoms with E-state index in [1.165, 1.54) is 7.11 Å². The number of fused-ring (bicyclic) bond motifs is 1. The van der Waals surface area contributed by atoms with E-state index >= 15 is 0 Å². The van der Waals surface area contributed by atoms with Crippen LogP contribution >= 0.6 is 0 Å². The minimum absolute atomic E-state index is 0.254. The maximum Gasteiger partial charge on any atom is 0.275 e. The number of methoxy groups -OCH3 is 1. The lowest BCUT2D eigenvalue weighted by atomic mass is 10.3.